The maximum Gasteiger partial charge on any atom is 0.264 e. The van der Waals surface area contributed by atoms with Gasteiger partial charge in [-0.1, -0.05) is 85.5 Å². The van der Waals surface area contributed by atoms with Crippen LogP contribution in [0.4, 0.5) is 5.69 Å². The fraction of sp³-hybridized carbons (Fsp3) is 0.375. The van der Waals surface area contributed by atoms with Crippen LogP contribution < -0.4 is 9.62 Å². The molecular weight excluding hydrogens is 558 g/mol. The molecule has 3 aromatic rings. The lowest BCUT2D eigenvalue weighted by Crippen LogP contribution is -2.53. The lowest BCUT2D eigenvalue weighted by Gasteiger charge is -2.34. The van der Waals surface area contributed by atoms with Gasteiger partial charge < -0.3 is 10.2 Å². The molecule has 1 aliphatic rings. The smallest absolute Gasteiger partial charge is 0.264 e. The van der Waals surface area contributed by atoms with Crippen molar-refractivity contribution >= 4 is 39.1 Å². The highest BCUT2D eigenvalue weighted by atomic mass is 35.5. The highest BCUT2D eigenvalue weighted by Gasteiger charge is 2.35. The SMILES string of the molecule is CC[C@H](C(=O)NC1CCCC1)N(Cc1ccc(C)cc1)C(=O)CN(c1cc(Cl)ccc1C)S(=O)(=O)c1ccccc1. The van der Waals surface area contributed by atoms with Crippen LogP contribution in [-0.4, -0.2) is 43.8 Å². The molecule has 4 rings (SSSR count). The number of carbonyl (C=O) groups is 2. The molecule has 1 atom stereocenters. The molecule has 1 fully saturated rings. The summed E-state index contributed by atoms with van der Waals surface area (Å²) in [5, 5.41) is 3.49. The van der Waals surface area contributed by atoms with Gasteiger partial charge in [0.1, 0.15) is 12.6 Å². The summed E-state index contributed by atoms with van der Waals surface area (Å²) in [6.07, 6.45) is 4.37. The number of benzene rings is 3. The predicted octanol–water partition coefficient (Wildman–Crippen LogP) is 6.02. The molecule has 0 spiro atoms. The quantitative estimate of drug-likeness (QED) is 0.294. The molecule has 0 heterocycles. The van der Waals surface area contributed by atoms with Crippen LogP contribution in [0, 0.1) is 13.8 Å². The molecule has 7 nitrogen and oxygen atoms in total. The van der Waals surface area contributed by atoms with E-state index >= 15 is 0 Å². The van der Waals surface area contributed by atoms with E-state index in [4.69, 9.17) is 11.6 Å². The number of carbonyl (C=O) groups excluding carboxylic acids is 2. The van der Waals surface area contributed by atoms with Crippen LogP contribution in [0.3, 0.4) is 0 Å². The van der Waals surface area contributed by atoms with Crippen LogP contribution in [0.1, 0.15) is 55.7 Å². The number of rotatable bonds is 11. The predicted molar refractivity (Wildman–Crippen MR) is 163 cm³/mol. The molecule has 0 aromatic heterocycles. The van der Waals surface area contributed by atoms with Gasteiger partial charge in [-0.15, -0.1) is 0 Å². The first-order chi connectivity index (χ1) is 19.6. The van der Waals surface area contributed by atoms with Crippen molar-refractivity contribution in [2.45, 2.75) is 76.4 Å². The van der Waals surface area contributed by atoms with Crippen molar-refractivity contribution in [2.24, 2.45) is 0 Å². The zero-order valence-electron chi connectivity index (χ0n) is 23.8. The van der Waals surface area contributed by atoms with Gasteiger partial charge in [0.2, 0.25) is 11.8 Å². The average molecular weight is 596 g/mol. The number of nitrogens with one attached hydrogen (secondary N) is 1. The average Bonchev–Trinajstić information content (AvgIpc) is 3.47. The van der Waals surface area contributed by atoms with E-state index in [9.17, 15) is 18.0 Å². The first kappa shape index (κ1) is 30.6. The summed E-state index contributed by atoms with van der Waals surface area (Å²) in [7, 11) is -4.15. The Morgan fingerprint density at radius 1 is 0.976 bits per heavy atom. The van der Waals surface area contributed by atoms with E-state index < -0.39 is 28.5 Å². The summed E-state index contributed by atoms with van der Waals surface area (Å²) in [4.78, 5) is 29.3. The third-order valence-electron chi connectivity index (χ3n) is 7.61. The van der Waals surface area contributed by atoms with Gasteiger partial charge >= 0.3 is 0 Å². The van der Waals surface area contributed by atoms with Gasteiger partial charge in [0.05, 0.1) is 10.6 Å². The van der Waals surface area contributed by atoms with Crippen molar-refractivity contribution in [1.29, 1.82) is 0 Å². The molecule has 2 amide bonds. The van der Waals surface area contributed by atoms with Gasteiger partial charge in [-0.05, 0) is 68.5 Å². The van der Waals surface area contributed by atoms with Crippen LogP contribution in [0.2, 0.25) is 5.02 Å². The first-order valence-electron chi connectivity index (χ1n) is 14.1. The summed E-state index contributed by atoms with van der Waals surface area (Å²) in [6, 6.07) is 20.1. The summed E-state index contributed by atoms with van der Waals surface area (Å²) in [5.74, 6) is -0.686. The number of hydrogen-bond donors (Lipinski definition) is 1. The lowest BCUT2D eigenvalue weighted by atomic mass is 10.1. The molecule has 0 bridgehead atoms. The second-order valence-electron chi connectivity index (χ2n) is 10.7. The van der Waals surface area contributed by atoms with Gasteiger partial charge in [-0.25, -0.2) is 8.42 Å². The topological polar surface area (TPSA) is 86.8 Å². The fourth-order valence-corrected chi connectivity index (χ4v) is 6.92. The molecule has 0 radical (unpaired) electrons. The van der Waals surface area contributed by atoms with E-state index in [1.165, 1.54) is 17.0 Å². The molecule has 0 unspecified atom stereocenters. The fourth-order valence-electron chi connectivity index (χ4n) is 5.26. The minimum absolute atomic E-state index is 0.0586. The van der Waals surface area contributed by atoms with Crippen LogP contribution in [0.15, 0.2) is 77.7 Å². The second kappa shape index (κ2) is 13.5. The Bertz CT molecular complexity index is 1460. The summed E-state index contributed by atoms with van der Waals surface area (Å²) >= 11 is 6.30. The van der Waals surface area contributed by atoms with Crippen molar-refractivity contribution in [1.82, 2.24) is 10.2 Å². The number of nitrogens with zero attached hydrogens (tertiary/aromatic N) is 2. The highest BCUT2D eigenvalue weighted by molar-refractivity contribution is 7.92. The minimum atomic E-state index is -4.15. The summed E-state index contributed by atoms with van der Waals surface area (Å²) < 4.78 is 29.1. The lowest BCUT2D eigenvalue weighted by molar-refractivity contribution is -0.140. The Morgan fingerprint density at radius 3 is 2.27 bits per heavy atom. The largest absolute Gasteiger partial charge is 0.352 e. The standard InChI is InChI=1S/C32H38ClN3O4S/c1-4-29(32(38)34-27-10-8-9-11-27)35(21-25-17-14-23(2)15-18-25)31(37)22-36(30-20-26(33)19-16-24(30)3)41(39,40)28-12-6-5-7-13-28/h5-7,12-20,27,29H,4,8-11,21-22H2,1-3H3,(H,34,38)/t29-/m1/s1. The Kier molecular flexibility index (Phi) is 10.1. The molecule has 9 heteroatoms. The molecule has 41 heavy (non-hydrogen) atoms. The molecule has 1 N–H and O–H groups in total. The molecule has 218 valence electrons. The summed E-state index contributed by atoms with van der Waals surface area (Å²) in [5.41, 5.74) is 2.90. The number of amides is 2. The molecule has 0 aliphatic heterocycles. The highest BCUT2D eigenvalue weighted by Crippen LogP contribution is 2.30. The Hall–Kier alpha value is -3.36. The zero-order chi connectivity index (χ0) is 29.6. The molecule has 0 saturated heterocycles. The number of aryl methyl sites for hydroxylation is 2. The number of halogens is 1. The monoisotopic (exact) mass is 595 g/mol. The van der Waals surface area contributed by atoms with Crippen LogP contribution in [-0.2, 0) is 26.2 Å². The maximum absolute atomic E-state index is 14.2. The van der Waals surface area contributed by atoms with E-state index in [2.05, 4.69) is 5.32 Å². The normalized spacial score (nSPS) is 14.4. The van der Waals surface area contributed by atoms with E-state index in [0.29, 0.717) is 22.7 Å². The number of anilines is 1. The maximum atomic E-state index is 14.2. The third kappa shape index (κ3) is 7.49. The molecule has 3 aromatic carbocycles. The van der Waals surface area contributed by atoms with Gasteiger partial charge in [-0.3, -0.25) is 13.9 Å². The van der Waals surface area contributed by atoms with Crippen molar-refractivity contribution in [3.05, 3.63) is 94.5 Å². The molecule has 1 saturated carbocycles. The van der Waals surface area contributed by atoms with Gasteiger partial charge in [0.25, 0.3) is 10.0 Å². The molecular formula is C32H38ClN3O4S. The number of hydrogen-bond acceptors (Lipinski definition) is 4. The Morgan fingerprint density at radius 2 is 1.63 bits per heavy atom. The van der Waals surface area contributed by atoms with Gasteiger partial charge in [0.15, 0.2) is 0 Å². The van der Waals surface area contributed by atoms with Gasteiger partial charge in [0, 0.05) is 17.6 Å². The van der Waals surface area contributed by atoms with Crippen molar-refractivity contribution in [3.63, 3.8) is 0 Å². The summed E-state index contributed by atoms with van der Waals surface area (Å²) in [6.45, 7) is 5.31. The molecule has 1 aliphatic carbocycles. The van der Waals surface area contributed by atoms with Crippen molar-refractivity contribution < 1.29 is 18.0 Å². The van der Waals surface area contributed by atoms with Crippen LogP contribution in [0.25, 0.3) is 0 Å². The van der Waals surface area contributed by atoms with E-state index in [1.807, 2.05) is 38.1 Å². The van der Waals surface area contributed by atoms with Crippen molar-refractivity contribution in [2.75, 3.05) is 10.8 Å². The van der Waals surface area contributed by atoms with Crippen LogP contribution >= 0.6 is 11.6 Å². The Balaban J connectivity index is 1.73. The Labute approximate surface area is 248 Å². The van der Waals surface area contributed by atoms with E-state index in [1.54, 1.807) is 43.3 Å². The minimum Gasteiger partial charge on any atom is -0.352 e. The van der Waals surface area contributed by atoms with E-state index in [0.717, 1.165) is 41.1 Å². The van der Waals surface area contributed by atoms with Crippen molar-refractivity contribution in [3.8, 4) is 0 Å². The second-order valence-corrected chi connectivity index (χ2v) is 13.0. The zero-order valence-corrected chi connectivity index (χ0v) is 25.4. The van der Waals surface area contributed by atoms with Crippen LogP contribution in [0.5, 0.6) is 0 Å². The van der Waals surface area contributed by atoms with E-state index in [-0.39, 0.29) is 23.4 Å². The van der Waals surface area contributed by atoms with Gasteiger partial charge in [-0.2, -0.15) is 0 Å². The number of sulfonamides is 1. The third-order valence-corrected chi connectivity index (χ3v) is 9.62. The first-order valence-corrected chi connectivity index (χ1v) is 15.9.